The summed E-state index contributed by atoms with van der Waals surface area (Å²) >= 11 is 3.42. The average Bonchev–Trinajstić information content (AvgIpc) is 3.26. The molecule has 0 N–H and O–H groups in total. The summed E-state index contributed by atoms with van der Waals surface area (Å²) < 4.78 is 34.1. The fourth-order valence-electron chi connectivity index (χ4n) is 3.36. The Balaban J connectivity index is 1.88. The number of sulfonamides is 1. The van der Waals surface area contributed by atoms with E-state index in [4.69, 9.17) is 4.74 Å². The Bertz CT molecular complexity index is 1260. The Morgan fingerprint density at radius 2 is 2.09 bits per heavy atom. The predicted molar refractivity (Wildman–Crippen MR) is 123 cm³/mol. The number of nitrogens with zero attached hydrogens (tertiary/aromatic N) is 6. The summed E-state index contributed by atoms with van der Waals surface area (Å²) in [6.45, 7) is 5.81. The minimum atomic E-state index is -3.47. The van der Waals surface area contributed by atoms with Crippen molar-refractivity contribution in [3.63, 3.8) is 0 Å². The summed E-state index contributed by atoms with van der Waals surface area (Å²) in [5.41, 5.74) is 0.423. The molecule has 4 rings (SSSR count). The molecule has 3 aromatic heterocycles. The fourth-order valence-corrected chi connectivity index (χ4v) is 5.20. The van der Waals surface area contributed by atoms with Crippen LogP contribution in [0.15, 0.2) is 41.3 Å². The van der Waals surface area contributed by atoms with Gasteiger partial charge < -0.3 is 4.74 Å². The Kier molecular flexibility index (Phi) is 5.84. The number of fused-ring (bicyclic) bond motifs is 1. The van der Waals surface area contributed by atoms with Crippen molar-refractivity contribution in [2.24, 2.45) is 0 Å². The summed E-state index contributed by atoms with van der Waals surface area (Å²) in [5, 5.41) is 4.34. The first-order chi connectivity index (χ1) is 15.0. The summed E-state index contributed by atoms with van der Waals surface area (Å²) in [4.78, 5) is 23.3. The Hall–Kier alpha value is -2.73. The number of hydrogen-bond acceptors (Lipinski definition) is 7. The van der Waals surface area contributed by atoms with Gasteiger partial charge in [-0.1, -0.05) is 6.07 Å². The van der Waals surface area contributed by atoms with Crippen LogP contribution in [-0.4, -0.2) is 52.0 Å². The number of ether oxygens (including phenoxy) is 1. The second kappa shape index (κ2) is 8.32. The molecular formula is C20H23BrN6O4S. The molecule has 1 aliphatic heterocycles. The number of amides is 1. The average molecular weight is 523 g/mol. The number of pyridine rings is 1. The van der Waals surface area contributed by atoms with Crippen LogP contribution in [0.1, 0.15) is 32.8 Å². The third kappa shape index (κ3) is 4.56. The Labute approximate surface area is 194 Å². The van der Waals surface area contributed by atoms with Crippen molar-refractivity contribution in [3.8, 4) is 0 Å². The van der Waals surface area contributed by atoms with E-state index in [1.165, 1.54) is 13.7 Å². The second-order valence-electron chi connectivity index (χ2n) is 8.37. The van der Waals surface area contributed by atoms with Gasteiger partial charge in [0.15, 0.2) is 5.65 Å². The number of anilines is 2. The van der Waals surface area contributed by atoms with Crippen molar-refractivity contribution in [1.82, 2.24) is 19.6 Å². The molecule has 0 saturated carbocycles. The number of halogens is 1. The van der Waals surface area contributed by atoms with Gasteiger partial charge in [-0.15, -0.1) is 0 Å². The molecule has 1 aliphatic rings. The lowest BCUT2D eigenvalue weighted by Crippen LogP contribution is -2.38. The lowest BCUT2D eigenvalue weighted by Gasteiger charge is -2.28. The summed E-state index contributed by atoms with van der Waals surface area (Å²) in [7, 11) is -3.47. The zero-order valence-electron chi connectivity index (χ0n) is 17.9. The van der Waals surface area contributed by atoms with Crippen molar-refractivity contribution in [1.29, 1.82) is 0 Å². The van der Waals surface area contributed by atoms with Crippen LogP contribution < -0.4 is 9.21 Å². The van der Waals surface area contributed by atoms with Crippen LogP contribution in [0.5, 0.6) is 0 Å². The zero-order valence-corrected chi connectivity index (χ0v) is 20.3. The van der Waals surface area contributed by atoms with Crippen LogP contribution in [0.2, 0.25) is 0 Å². The SMILES string of the molecule is CC(C)(C)OC(=O)N(Cc1cccnc1)c1cc(N2CCCS2(=O)=O)nc2c(Br)cnn12. The van der Waals surface area contributed by atoms with Gasteiger partial charge in [0.25, 0.3) is 0 Å². The fraction of sp³-hybridized carbons (Fsp3) is 0.400. The first kappa shape index (κ1) is 22.5. The van der Waals surface area contributed by atoms with E-state index in [1.807, 2.05) is 6.07 Å². The van der Waals surface area contributed by atoms with Gasteiger partial charge in [0.05, 0.1) is 23.0 Å². The molecule has 0 spiro atoms. The van der Waals surface area contributed by atoms with Crippen LogP contribution in [0.25, 0.3) is 5.65 Å². The standard InChI is InChI=1S/C20H23BrN6O4S/c1-20(2,3)31-19(28)25(13-14-6-4-7-22-11-14)17-10-16(26-8-5-9-32(26,29)30)24-18-15(21)12-23-27(17)18/h4,6-7,10-12H,5,8-9,13H2,1-3H3. The molecule has 10 nitrogen and oxygen atoms in total. The number of carbonyl (C=O) groups is 1. The maximum atomic E-state index is 13.3. The van der Waals surface area contributed by atoms with Crippen LogP contribution >= 0.6 is 15.9 Å². The van der Waals surface area contributed by atoms with Crippen LogP contribution in [0.4, 0.5) is 16.4 Å². The second-order valence-corrected chi connectivity index (χ2v) is 11.2. The minimum Gasteiger partial charge on any atom is -0.443 e. The molecule has 12 heteroatoms. The van der Waals surface area contributed by atoms with Crippen molar-refractivity contribution >= 4 is 49.3 Å². The lowest BCUT2D eigenvalue weighted by atomic mass is 10.2. The van der Waals surface area contributed by atoms with Crippen LogP contribution in [-0.2, 0) is 21.3 Å². The first-order valence-corrected chi connectivity index (χ1v) is 12.4. The summed E-state index contributed by atoms with van der Waals surface area (Å²) in [6, 6.07) is 5.17. The van der Waals surface area contributed by atoms with Crippen LogP contribution in [0, 0.1) is 0 Å². The Morgan fingerprint density at radius 3 is 2.72 bits per heavy atom. The number of hydrogen-bond donors (Lipinski definition) is 0. The van der Waals surface area contributed by atoms with E-state index in [9.17, 15) is 13.2 Å². The first-order valence-electron chi connectivity index (χ1n) is 9.99. The molecule has 3 aromatic rings. The monoisotopic (exact) mass is 522 g/mol. The topological polar surface area (TPSA) is 110 Å². The molecular weight excluding hydrogens is 500 g/mol. The molecule has 0 unspecified atom stereocenters. The normalized spacial score (nSPS) is 15.8. The Morgan fingerprint density at radius 1 is 1.31 bits per heavy atom. The lowest BCUT2D eigenvalue weighted by molar-refractivity contribution is 0.0575. The molecule has 32 heavy (non-hydrogen) atoms. The van der Waals surface area contributed by atoms with E-state index in [-0.39, 0.29) is 18.1 Å². The van der Waals surface area contributed by atoms with Gasteiger partial charge >= 0.3 is 6.09 Å². The van der Waals surface area contributed by atoms with Gasteiger partial charge in [-0.3, -0.25) is 14.2 Å². The van der Waals surface area contributed by atoms with E-state index < -0.39 is 21.7 Å². The predicted octanol–water partition coefficient (Wildman–Crippen LogP) is 3.37. The van der Waals surface area contributed by atoms with E-state index in [2.05, 4.69) is 31.0 Å². The third-order valence-corrected chi connectivity index (χ3v) is 7.11. The van der Waals surface area contributed by atoms with E-state index in [0.717, 1.165) is 5.56 Å². The van der Waals surface area contributed by atoms with E-state index in [1.54, 1.807) is 51.5 Å². The van der Waals surface area contributed by atoms with E-state index in [0.29, 0.717) is 28.9 Å². The molecule has 0 bridgehead atoms. The number of carbonyl (C=O) groups excluding carboxylic acids is 1. The van der Waals surface area contributed by atoms with Crippen molar-refractivity contribution in [3.05, 3.63) is 46.8 Å². The van der Waals surface area contributed by atoms with Gasteiger partial charge in [0.2, 0.25) is 10.0 Å². The summed E-state index contributed by atoms with van der Waals surface area (Å²) in [5.74, 6) is 0.614. The van der Waals surface area contributed by atoms with Gasteiger partial charge in [-0.2, -0.15) is 9.61 Å². The van der Waals surface area contributed by atoms with E-state index >= 15 is 0 Å². The molecule has 0 aliphatic carbocycles. The van der Waals surface area contributed by atoms with Crippen LogP contribution in [0.3, 0.4) is 0 Å². The smallest absolute Gasteiger partial charge is 0.416 e. The minimum absolute atomic E-state index is 0.0566. The zero-order chi connectivity index (χ0) is 23.1. The highest BCUT2D eigenvalue weighted by Gasteiger charge is 2.32. The largest absolute Gasteiger partial charge is 0.443 e. The number of rotatable bonds is 4. The summed E-state index contributed by atoms with van der Waals surface area (Å²) in [6.07, 6.45) is 4.76. The van der Waals surface area contributed by atoms with Crippen molar-refractivity contribution in [2.45, 2.75) is 39.3 Å². The number of aromatic nitrogens is 4. The highest BCUT2D eigenvalue weighted by molar-refractivity contribution is 9.10. The molecule has 0 radical (unpaired) electrons. The highest BCUT2D eigenvalue weighted by atomic mass is 79.9. The van der Waals surface area contributed by atoms with Gasteiger partial charge in [-0.05, 0) is 54.8 Å². The maximum absolute atomic E-state index is 13.3. The van der Waals surface area contributed by atoms with Gasteiger partial charge in [0.1, 0.15) is 17.2 Å². The molecule has 170 valence electrons. The molecule has 0 atom stereocenters. The molecule has 1 amide bonds. The molecule has 1 fully saturated rings. The molecule has 4 heterocycles. The van der Waals surface area contributed by atoms with Gasteiger partial charge in [-0.25, -0.2) is 18.2 Å². The van der Waals surface area contributed by atoms with Gasteiger partial charge in [0, 0.05) is 25.0 Å². The van der Waals surface area contributed by atoms with Crippen molar-refractivity contribution in [2.75, 3.05) is 21.5 Å². The van der Waals surface area contributed by atoms with Crippen molar-refractivity contribution < 1.29 is 17.9 Å². The highest BCUT2D eigenvalue weighted by Crippen LogP contribution is 2.31. The quantitative estimate of drug-likeness (QED) is 0.516. The molecule has 1 saturated heterocycles. The molecule has 0 aromatic carbocycles. The maximum Gasteiger partial charge on any atom is 0.416 e. The third-order valence-electron chi connectivity index (χ3n) is 4.71.